The van der Waals surface area contributed by atoms with Gasteiger partial charge in [-0.3, -0.25) is 0 Å². The fourth-order valence-corrected chi connectivity index (χ4v) is 2.41. The van der Waals surface area contributed by atoms with Crippen LogP contribution in [0.1, 0.15) is 27.8 Å². The van der Waals surface area contributed by atoms with Crippen LogP contribution in [0.5, 0.6) is 0 Å². The number of carbonyl (C=O) groups excluding carboxylic acids is 1. The van der Waals surface area contributed by atoms with Crippen LogP contribution in [0.2, 0.25) is 0 Å². The molecule has 2 aromatic rings. The van der Waals surface area contributed by atoms with E-state index in [-0.39, 0.29) is 11.1 Å². The average molecular weight is 349 g/mol. The van der Waals surface area contributed by atoms with E-state index in [9.17, 15) is 18.0 Å². The standard InChI is InChI=1S/C18H18F3N3O/c1-11-6-4-7-12(2)16(11)23-17(25)24-22-10-14-8-5-9-15(13(14)3)18(19,20)21/h4-10H,1-3H3,(H2,23,24,25)/b22-10+. The summed E-state index contributed by atoms with van der Waals surface area (Å²) in [6.07, 6.45) is -3.24. The Hall–Kier alpha value is -2.83. The zero-order chi connectivity index (χ0) is 18.6. The Morgan fingerprint density at radius 2 is 1.64 bits per heavy atom. The Kier molecular flexibility index (Phi) is 5.46. The number of anilines is 1. The van der Waals surface area contributed by atoms with E-state index >= 15 is 0 Å². The minimum absolute atomic E-state index is 0.0516. The average Bonchev–Trinajstić information content (AvgIpc) is 2.51. The van der Waals surface area contributed by atoms with Crippen molar-refractivity contribution < 1.29 is 18.0 Å². The molecule has 2 aromatic carbocycles. The van der Waals surface area contributed by atoms with Crippen LogP contribution in [0.4, 0.5) is 23.7 Å². The first kappa shape index (κ1) is 18.5. The molecule has 0 aliphatic heterocycles. The normalized spacial score (nSPS) is 11.6. The number of halogens is 3. The number of rotatable bonds is 3. The van der Waals surface area contributed by atoms with Crippen molar-refractivity contribution in [2.45, 2.75) is 26.9 Å². The minimum atomic E-state index is -4.43. The van der Waals surface area contributed by atoms with Gasteiger partial charge in [-0.25, -0.2) is 10.2 Å². The fourth-order valence-electron chi connectivity index (χ4n) is 2.41. The molecular formula is C18H18F3N3O. The van der Waals surface area contributed by atoms with Crippen molar-refractivity contribution in [2.75, 3.05) is 5.32 Å². The Bertz CT molecular complexity index is 793. The maximum Gasteiger partial charge on any atom is 0.416 e. The van der Waals surface area contributed by atoms with Gasteiger partial charge in [-0.15, -0.1) is 0 Å². The van der Waals surface area contributed by atoms with E-state index < -0.39 is 17.8 Å². The molecule has 0 unspecified atom stereocenters. The van der Waals surface area contributed by atoms with Gasteiger partial charge >= 0.3 is 12.2 Å². The minimum Gasteiger partial charge on any atom is -0.306 e. The summed E-state index contributed by atoms with van der Waals surface area (Å²) >= 11 is 0. The van der Waals surface area contributed by atoms with Crippen LogP contribution < -0.4 is 10.7 Å². The van der Waals surface area contributed by atoms with E-state index in [1.54, 1.807) is 0 Å². The second kappa shape index (κ2) is 7.38. The molecule has 25 heavy (non-hydrogen) atoms. The molecule has 2 rings (SSSR count). The van der Waals surface area contributed by atoms with E-state index in [0.717, 1.165) is 17.2 Å². The first-order valence-corrected chi connectivity index (χ1v) is 7.53. The van der Waals surface area contributed by atoms with Gasteiger partial charge in [0.1, 0.15) is 0 Å². The van der Waals surface area contributed by atoms with Crippen molar-refractivity contribution >= 4 is 17.9 Å². The summed E-state index contributed by atoms with van der Waals surface area (Å²) in [4.78, 5) is 11.9. The van der Waals surface area contributed by atoms with Crippen molar-refractivity contribution in [3.05, 3.63) is 64.2 Å². The van der Waals surface area contributed by atoms with Gasteiger partial charge < -0.3 is 5.32 Å². The molecule has 0 spiro atoms. The van der Waals surface area contributed by atoms with Gasteiger partial charge in [0.15, 0.2) is 0 Å². The molecule has 0 atom stereocenters. The lowest BCUT2D eigenvalue weighted by Gasteiger charge is -2.12. The Morgan fingerprint density at radius 1 is 1.04 bits per heavy atom. The zero-order valence-corrected chi connectivity index (χ0v) is 14.0. The summed E-state index contributed by atoms with van der Waals surface area (Å²) in [5.41, 5.74) is 4.33. The van der Waals surface area contributed by atoms with Gasteiger partial charge in [0, 0.05) is 5.69 Å². The highest BCUT2D eigenvalue weighted by molar-refractivity contribution is 5.92. The fraction of sp³-hybridized carbons (Fsp3) is 0.222. The van der Waals surface area contributed by atoms with Gasteiger partial charge in [0.05, 0.1) is 11.8 Å². The first-order chi connectivity index (χ1) is 11.7. The number of alkyl halides is 3. The van der Waals surface area contributed by atoms with E-state index in [4.69, 9.17) is 0 Å². The van der Waals surface area contributed by atoms with Crippen LogP contribution in [0.25, 0.3) is 0 Å². The Morgan fingerprint density at radius 3 is 2.24 bits per heavy atom. The summed E-state index contributed by atoms with van der Waals surface area (Å²) < 4.78 is 38.6. The molecule has 2 amide bonds. The van der Waals surface area contributed by atoms with Gasteiger partial charge in [-0.1, -0.05) is 30.3 Å². The summed E-state index contributed by atoms with van der Waals surface area (Å²) in [6.45, 7) is 5.08. The van der Waals surface area contributed by atoms with E-state index in [1.807, 2.05) is 32.0 Å². The van der Waals surface area contributed by atoms with Crippen LogP contribution in [-0.4, -0.2) is 12.2 Å². The number of hydrazone groups is 1. The smallest absolute Gasteiger partial charge is 0.306 e. The second-order valence-electron chi connectivity index (χ2n) is 5.61. The molecular weight excluding hydrogens is 331 g/mol. The molecule has 2 N–H and O–H groups in total. The molecule has 0 heterocycles. The predicted octanol–water partition coefficient (Wildman–Crippen LogP) is 4.79. The third-order valence-corrected chi connectivity index (χ3v) is 3.77. The van der Waals surface area contributed by atoms with Gasteiger partial charge in [-0.2, -0.15) is 18.3 Å². The third kappa shape index (κ3) is 4.59. The van der Waals surface area contributed by atoms with Gasteiger partial charge in [0.2, 0.25) is 0 Å². The summed E-state index contributed by atoms with van der Waals surface area (Å²) in [5.74, 6) is 0. The highest BCUT2D eigenvalue weighted by atomic mass is 19.4. The number of nitrogens with one attached hydrogen (secondary N) is 2. The van der Waals surface area contributed by atoms with Gasteiger partial charge in [-0.05, 0) is 49.1 Å². The molecule has 0 radical (unpaired) electrons. The molecule has 0 aliphatic rings. The second-order valence-corrected chi connectivity index (χ2v) is 5.61. The van der Waals surface area contributed by atoms with Crippen molar-refractivity contribution in [1.82, 2.24) is 5.43 Å². The third-order valence-electron chi connectivity index (χ3n) is 3.77. The molecule has 0 saturated carbocycles. The number of hydrogen-bond acceptors (Lipinski definition) is 2. The molecule has 0 bridgehead atoms. The molecule has 0 aliphatic carbocycles. The first-order valence-electron chi connectivity index (χ1n) is 7.53. The lowest BCUT2D eigenvalue weighted by atomic mass is 10.0. The van der Waals surface area contributed by atoms with Crippen LogP contribution in [-0.2, 0) is 6.18 Å². The van der Waals surface area contributed by atoms with Crippen LogP contribution >= 0.6 is 0 Å². The topological polar surface area (TPSA) is 53.5 Å². The van der Waals surface area contributed by atoms with E-state index in [2.05, 4.69) is 15.8 Å². The van der Waals surface area contributed by atoms with Crippen molar-refractivity contribution in [3.63, 3.8) is 0 Å². The van der Waals surface area contributed by atoms with Crippen LogP contribution in [0, 0.1) is 20.8 Å². The number of carbonyl (C=O) groups is 1. The van der Waals surface area contributed by atoms with Crippen LogP contribution in [0.15, 0.2) is 41.5 Å². The lowest BCUT2D eigenvalue weighted by molar-refractivity contribution is -0.138. The Labute approximate surface area is 143 Å². The SMILES string of the molecule is Cc1cccc(C)c1NC(=O)N/N=C/c1cccc(C(F)(F)F)c1C. The predicted molar refractivity (Wildman–Crippen MR) is 91.8 cm³/mol. The number of urea groups is 1. The molecule has 7 heteroatoms. The van der Waals surface area contributed by atoms with E-state index in [1.165, 1.54) is 25.3 Å². The molecule has 132 valence electrons. The molecule has 4 nitrogen and oxygen atoms in total. The summed E-state index contributed by atoms with van der Waals surface area (Å²) in [7, 11) is 0. The number of benzene rings is 2. The number of aryl methyl sites for hydroxylation is 2. The monoisotopic (exact) mass is 349 g/mol. The number of nitrogens with zero attached hydrogens (tertiary/aromatic N) is 1. The molecule has 0 aromatic heterocycles. The summed E-state index contributed by atoms with van der Waals surface area (Å²) in [6, 6.07) is 8.83. The number of hydrogen-bond donors (Lipinski definition) is 2. The zero-order valence-electron chi connectivity index (χ0n) is 14.0. The van der Waals surface area contributed by atoms with Crippen molar-refractivity contribution in [3.8, 4) is 0 Å². The largest absolute Gasteiger partial charge is 0.416 e. The maximum absolute atomic E-state index is 12.9. The Balaban J connectivity index is 2.08. The quantitative estimate of drug-likeness (QED) is 0.608. The highest BCUT2D eigenvalue weighted by Gasteiger charge is 2.32. The van der Waals surface area contributed by atoms with Crippen molar-refractivity contribution in [1.29, 1.82) is 0 Å². The summed E-state index contributed by atoms with van der Waals surface area (Å²) in [5, 5.41) is 6.40. The van der Waals surface area contributed by atoms with E-state index in [0.29, 0.717) is 5.69 Å². The lowest BCUT2D eigenvalue weighted by Crippen LogP contribution is -2.25. The van der Waals surface area contributed by atoms with Crippen LogP contribution in [0.3, 0.4) is 0 Å². The highest BCUT2D eigenvalue weighted by Crippen LogP contribution is 2.32. The maximum atomic E-state index is 12.9. The number of amides is 2. The molecule has 0 saturated heterocycles. The van der Waals surface area contributed by atoms with Gasteiger partial charge in [0.25, 0.3) is 0 Å². The number of para-hydroxylation sites is 1. The van der Waals surface area contributed by atoms with Crippen molar-refractivity contribution in [2.24, 2.45) is 5.10 Å². The molecule has 0 fully saturated rings.